The average Bonchev–Trinajstić information content (AvgIpc) is 2.36. The zero-order chi connectivity index (χ0) is 13.7. The zero-order valence-corrected chi connectivity index (χ0v) is 11.0. The number of benzene rings is 1. The maximum absolute atomic E-state index is 11.9. The Bertz CT molecular complexity index is 454. The maximum atomic E-state index is 11.9. The van der Waals surface area contributed by atoms with Crippen LogP contribution in [0.1, 0.15) is 40.1 Å². The van der Waals surface area contributed by atoms with Gasteiger partial charge in [0.15, 0.2) is 5.78 Å². The predicted octanol–water partition coefficient (Wildman–Crippen LogP) is 2.17. The number of carbonyl (C=O) groups is 2. The van der Waals surface area contributed by atoms with Crippen LogP contribution in [-0.4, -0.2) is 28.8 Å². The van der Waals surface area contributed by atoms with E-state index in [1.54, 1.807) is 19.1 Å². The number of rotatable bonds is 5. The molecule has 0 heterocycles. The molecule has 1 atom stereocenters. The van der Waals surface area contributed by atoms with Crippen molar-refractivity contribution in [3.05, 3.63) is 34.9 Å². The molecule has 0 aliphatic carbocycles. The monoisotopic (exact) mass is 270 g/mol. The standard InChI is InChI=1S/C13H15ClO4/c1-3-18-13(17)11-9(7-15)5-4-6-10(11)12(16)8(2)14/h4-6,8,15H,3,7H2,1-2H3. The highest BCUT2D eigenvalue weighted by molar-refractivity contribution is 6.34. The number of Topliss-reactive ketones (excluding diaryl/α,β-unsaturated/α-hetero) is 1. The molecule has 1 rings (SSSR count). The molecule has 98 valence electrons. The van der Waals surface area contributed by atoms with E-state index in [-0.39, 0.29) is 30.1 Å². The van der Waals surface area contributed by atoms with Crippen LogP contribution in [-0.2, 0) is 11.3 Å². The number of alkyl halides is 1. The van der Waals surface area contributed by atoms with Crippen LogP contribution in [0.25, 0.3) is 0 Å². The van der Waals surface area contributed by atoms with Crippen molar-refractivity contribution in [1.29, 1.82) is 0 Å². The van der Waals surface area contributed by atoms with Gasteiger partial charge in [0.1, 0.15) is 0 Å². The van der Waals surface area contributed by atoms with Crippen molar-refractivity contribution in [1.82, 2.24) is 0 Å². The number of ether oxygens (including phenoxy) is 1. The number of hydrogen-bond acceptors (Lipinski definition) is 4. The molecule has 1 aromatic carbocycles. The van der Waals surface area contributed by atoms with E-state index in [0.717, 1.165) is 0 Å². The Kier molecular flexibility index (Phi) is 5.31. The predicted molar refractivity (Wildman–Crippen MR) is 68.0 cm³/mol. The van der Waals surface area contributed by atoms with E-state index in [1.807, 2.05) is 0 Å². The second-order valence-electron chi connectivity index (χ2n) is 3.70. The zero-order valence-electron chi connectivity index (χ0n) is 10.3. The molecular weight excluding hydrogens is 256 g/mol. The highest BCUT2D eigenvalue weighted by Crippen LogP contribution is 2.19. The first-order chi connectivity index (χ1) is 8.52. The minimum atomic E-state index is -0.743. The van der Waals surface area contributed by atoms with Crippen LogP contribution in [0.5, 0.6) is 0 Å². The van der Waals surface area contributed by atoms with E-state index < -0.39 is 11.3 Å². The molecule has 0 saturated carbocycles. The van der Waals surface area contributed by atoms with Gasteiger partial charge >= 0.3 is 5.97 Å². The molecule has 0 aliphatic heterocycles. The summed E-state index contributed by atoms with van der Waals surface area (Å²) in [6.07, 6.45) is 0. The lowest BCUT2D eigenvalue weighted by molar-refractivity contribution is 0.0519. The van der Waals surface area contributed by atoms with Crippen molar-refractivity contribution in [2.24, 2.45) is 0 Å². The number of aliphatic hydroxyl groups excluding tert-OH is 1. The SMILES string of the molecule is CCOC(=O)c1c(CO)cccc1C(=O)C(C)Cl. The van der Waals surface area contributed by atoms with E-state index in [0.29, 0.717) is 5.56 Å². The molecule has 0 spiro atoms. The topological polar surface area (TPSA) is 63.6 Å². The molecule has 4 nitrogen and oxygen atoms in total. The third-order valence-corrected chi connectivity index (χ3v) is 2.63. The van der Waals surface area contributed by atoms with Crippen LogP contribution in [0.15, 0.2) is 18.2 Å². The summed E-state index contributed by atoms with van der Waals surface area (Å²) in [4.78, 5) is 23.8. The Morgan fingerprint density at radius 2 is 2.11 bits per heavy atom. The fourth-order valence-corrected chi connectivity index (χ4v) is 1.71. The highest BCUT2D eigenvalue weighted by Gasteiger charge is 2.23. The van der Waals surface area contributed by atoms with Crippen molar-refractivity contribution < 1.29 is 19.4 Å². The fourth-order valence-electron chi connectivity index (χ4n) is 1.60. The number of esters is 1. The van der Waals surface area contributed by atoms with Gasteiger partial charge < -0.3 is 9.84 Å². The third kappa shape index (κ3) is 3.09. The van der Waals surface area contributed by atoms with E-state index in [9.17, 15) is 14.7 Å². The van der Waals surface area contributed by atoms with Crippen molar-refractivity contribution in [3.8, 4) is 0 Å². The Labute approximate surface area is 111 Å². The summed E-state index contributed by atoms with van der Waals surface area (Å²) in [6.45, 7) is 3.06. The van der Waals surface area contributed by atoms with E-state index in [1.165, 1.54) is 13.0 Å². The molecule has 0 saturated heterocycles. The van der Waals surface area contributed by atoms with Crippen molar-refractivity contribution in [2.75, 3.05) is 6.61 Å². The molecular formula is C13H15ClO4. The first-order valence-corrected chi connectivity index (χ1v) is 6.04. The molecule has 1 N–H and O–H groups in total. The van der Waals surface area contributed by atoms with Gasteiger partial charge in [-0.3, -0.25) is 4.79 Å². The van der Waals surface area contributed by atoms with Gasteiger partial charge in [-0.05, 0) is 19.4 Å². The first kappa shape index (κ1) is 14.7. The smallest absolute Gasteiger partial charge is 0.339 e. The average molecular weight is 271 g/mol. The minimum absolute atomic E-state index is 0.0966. The Morgan fingerprint density at radius 1 is 1.44 bits per heavy atom. The number of halogens is 1. The number of aliphatic hydroxyl groups is 1. The lowest BCUT2D eigenvalue weighted by Crippen LogP contribution is -2.19. The fraction of sp³-hybridized carbons (Fsp3) is 0.385. The molecule has 5 heteroatoms. The Balaban J connectivity index is 3.33. The van der Waals surface area contributed by atoms with Crippen molar-refractivity contribution in [3.63, 3.8) is 0 Å². The highest BCUT2D eigenvalue weighted by atomic mass is 35.5. The van der Waals surface area contributed by atoms with E-state index in [2.05, 4.69) is 0 Å². The van der Waals surface area contributed by atoms with Gasteiger partial charge in [-0.1, -0.05) is 18.2 Å². The number of hydrogen-bond donors (Lipinski definition) is 1. The van der Waals surface area contributed by atoms with Gasteiger partial charge in [-0.25, -0.2) is 4.79 Å². The molecule has 0 amide bonds. The number of carbonyl (C=O) groups excluding carboxylic acids is 2. The van der Waals surface area contributed by atoms with Gasteiger partial charge in [0, 0.05) is 5.56 Å². The molecule has 0 fully saturated rings. The molecule has 18 heavy (non-hydrogen) atoms. The normalized spacial score (nSPS) is 12.0. The van der Waals surface area contributed by atoms with Gasteiger partial charge in [0.2, 0.25) is 0 Å². The van der Waals surface area contributed by atoms with Crippen LogP contribution in [0, 0.1) is 0 Å². The number of ketones is 1. The molecule has 0 aliphatic rings. The lowest BCUT2D eigenvalue weighted by Gasteiger charge is -2.12. The van der Waals surface area contributed by atoms with Crippen LogP contribution < -0.4 is 0 Å². The minimum Gasteiger partial charge on any atom is -0.462 e. The van der Waals surface area contributed by atoms with Crippen molar-refractivity contribution in [2.45, 2.75) is 25.8 Å². The molecule has 0 bridgehead atoms. The molecule has 0 radical (unpaired) electrons. The van der Waals surface area contributed by atoms with E-state index in [4.69, 9.17) is 16.3 Å². The molecule has 1 aromatic rings. The largest absolute Gasteiger partial charge is 0.462 e. The second kappa shape index (κ2) is 6.52. The summed E-state index contributed by atoms with van der Waals surface area (Å²) in [5.41, 5.74) is 0.637. The van der Waals surface area contributed by atoms with Crippen LogP contribution in [0.3, 0.4) is 0 Å². The van der Waals surface area contributed by atoms with E-state index >= 15 is 0 Å². The van der Waals surface area contributed by atoms with Gasteiger partial charge in [0.05, 0.1) is 24.2 Å². The first-order valence-electron chi connectivity index (χ1n) is 5.61. The summed E-state index contributed by atoms with van der Waals surface area (Å²) in [5.74, 6) is -0.988. The van der Waals surface area contributed by atoms with Crippen molar-refractivity contribution >= 4 is 23.4 Å². The Morgan fingerprint density at radius 3 is 2.61 bits per heavy atom. The van der Waals surface area contributed by atoms with Gasteiger partial charge in [-0.15, -0.1) is 11.6 Å². The summed E-state index contributed by atoms with van der Waals surface area (Å²) in [7, 11) is 0. The summed E-state index contributed by atoms with van der Waals surface area (Å²) in [6, 6.07) is 4.68. The Hall–Kier alpha value is -1.39. The van der Waals surface area contributed by atoms with Crippen LogP contribution >= 0.6 is 11.6 Å². The van der Waals surface area contributed by atoms with Crippen LogP contribution in [0.4, 0.5) is 0 Å². The quantitative estimate of drug-likeness (QED) is 0.506. The molecule has 0 aromatic heterocycles. The summed E-state index contributed by atoms with van der Waals surface area (Å²) < 4.78 is 4.90. The summed E-state index contributed by atoms with van der Waals surface area (Å²) >= 11 is 5.75. The van der Waals surface area contributed by atoms with Gasteiger partial charge in [-0.2, -0.15) is 0 Å². The van der Waals surface area contributed by atoms with Crippen LogP contribution in [0.2, 0.25) is 0 Å². The summed E-state index contributed by atoms with van der Waals surface area (Å²) in [5, 5.41) is 8.48. The third-order valence-electron chi connectivity index (χ3n) is 2.43. The second-order valence-corrected chi connectivity index (χ2v) is 4.35. The van der Waals surface area contributed by atoms with Gasteiger partial charge in [0.25, 0.3) is 0 Å². The molecule has 1 unspecified atom stereocenters. The lowest BCUT2D eigenvalue weighted by atomic mass is 9.97. The maximum Gasteiger partial charge on any atom is 0.339 e.